The fourth-order valence-corrected chi connectivity index (χ4v) is 4.45. The summed E-state index contributed by atoms with van der Waals surface area (Å²) in [6, 6.07) is 5.14. The number of aromatic amines is 2. The highest BCUT2D eigenvalue weighted by Crippen LogP contribution is 2.32. The first-order valence-electron chi connectivity index (χ1n) is 10.6. The standard InChI is InChI=1S/C23H23FN6O2/c1-25-23(32)18-5-4-16(19(24)27-18)13-7-10-30(11-8-13)15-3-2-14(12-15)20-28-21-17(6-9-26-21)22(31)29-20/h4-7,9,12,15H,2-3,8,10-11H2,1H3,(H,25,32)(H2,26,28,29,31). The van der Waals surface area contributed by atoms with E-state index < -0.39 is 11.9 Å². The fraction of sp³-hybridized carbons (Fsp3) is 0.304. The van der Waals surface area contributed by atoms with Gasteiger partial charge in [-0.25, -0.2) is 9.97 Å². The molecule has 0 saturated heterocycles. The summed E-state index contributed by atoms with van der Waals surface area (Å²) < 4.78 is 14.5. The number of H-pyrrole nitrogens is 2. The second-order valence-corrected chi connectivity index (χ2v) is 8.04. The molecule has 4 heterocycles. The Hall–Kier alpha value is -3.59. The van der Waals surface area contributed by atoms with E-state index in [1.807, 2.05) is 6.08 Å². The minimum atomic E-state index is -0.622. The van der Waals surface area contributed by atoms with E-state index in [0.29, 0.717) is 35.4 Å². The highest BCUT2D eigenvalue weighted by molar-refractivity contribution is 5.92. The molecule has 0 aromatic carbocycles. The van der Waals surface area contributed by atoms with Crippen LogP contribution in [0.2, 0.25) is 0 Å². The second kappa shape index (κ2) is 8.16. The van der Waals surface area contributed by atoms with Crippen molar-refractivity contribution in [1.29, 1.82) is 0 Å². The Morgan fingerprint density at radius 1 is 1.22 bits per heavy atom. The molecule has 2 aliphatic rings. The number of carbonyl (C=O) groups is 1. The van der Waals surface area contributed by atoms with E-state index in [9.17, 15) is 14.0 Å². The maximum Gasteiger partial charge on any atom is 0.269 e. The zero-order valence-corrected chi connectivity index (χ0v) is 17.6. The van der Waals surface area contributed by atoms with Crippen molar-refractivity contribution in [1.82, 2.24) is 30.2 Å². The van der Waals surface area contributed by atoms with Crippen molar-refractivity contribution >= 4 is 28.1 Å². The van der Waals surface area contributed by atoms with Crippen LogP contribution >= 0.6 is 0 Å². The van der Waals surface area contributed by atoms with E-state index in [1.54, 1.807) is 24.4 Å². The summed E-state index contributed by atoms with van der Waals surface area (Å²) in [5, 5.41) is 3.01. The number of pyridine rings is 1. The van der Waals surface area contributed by atoms with Crippen LogP contribution in [0, 0.1) is 5.95 Å². The van der Waals surface area contributed by atoms with Gasteiger partial charge in [0.05, 0.1) is 5.39 Å². The fourth-order valence-electron chi connectivity index (χ4n) is 4.45. The molecule has 164 valence electrons. The van der Waals surface area contributed by atoms with Gasteiger partial charge >= 0.3 is 0 Å². The lowest BCUT2D eigenvalue weighted by Gasteiger charge is -2.30. The topological polar surface area (TPSA) is 107 Å². The molecule has 3 N–H and O–H groups in total. The Balaban J connectivity index is 1.31. The first-order chi connectivity index (χ1) is 15.5. The Kier molecular flexibility index (Phi) is 5.18. The lowest BCUT2D eigenvalue weighted by atomic mass is 9.99. The van der Waals surface area contributed by atoms with Crippen LogP contribution in [0.25, 0.3) is 22.2 Å². The van der Waals surface area contributed by atoms with Crippen LogP contribution in [0.4, 0.5) is 4.39 Å². The number of carbonyl (C=O) groups excluding carboxylic acids is 1. The predicted molar refractivity (Wildman–Crippen MR) is 119 cm³/mol. The van der Waals surface area contributed by atoms with Gasteiger partial charge in [0.15, 0.2) is 0 Å². The summed E-state index contributed by atoms with van der Waals surface area (Å²) >= 11 is 0. The molecule has 32 heavy (non-hydrogen) atoms. The van der Waals surface area contributed by atoms with Crippen molar-refractivity contribution in [2.24, 2.45) is 0 Å². The Labute approximate surface area is 183 Å². The first kappa shape index (κ1) is 20.3. The SMILES string of the molecule is CNC(=O)c1ccc(C2=CCN(C3C=C(c4nc5[nH]ccc5c(=O)[nH]4)CC3)CC2)c(F)n1. The summed E-state index contributed by atoms with van der Waals surface area (Å²) in [5.41, 5.74) is 2.91. The summed E-state index contributed by atoms with van der Waals surface area (Å²) in [4.78, 5) is 40.5. The summed E-state index contributed by atoms with van der Waals surface area (Å²) in [6.45, 7) is 1.48. The molecule has 5 rings (SSSR count). The largest absolute Gasteiger partial charge is 0.354 e. The number of halogens is 1. The van der Waals surface area contributed by atoms with Crippen LogP contribution in [0.5, 0.6) is 0 Å². The first-order valence-corrected chi connectivity index (χ1v) is 10.6. The van der Waals surface area contributed by atoms with Crippen molar-refractivity contribution in [3.63, 3.8) is 0 Å². The number of fused-ring (bicyclic) bond motifs is 1. The average molecular weight is 434 g/mol. The third kappa shape index (κ3) is 3.64. The second-order valence-electron chi connectivity index (χ2n) is 8.04. The number of rotatable bonds is 4. The minimum absolute atomic E-state index is 0.0691. The predicted octanol–water partition coefficient (Wildman–Crippen LogP) is 2.48. The van der Waals surface area contributed by atoms with E-state index in [4.69, 9.17) is 0 Å². The Morgan fingerprint density at radius 2 is 2.09 bits per heavy atom. The lowest BCUT2D eigenvalue weighted by Crippen LogP contribution is -2.36. The van der Waals surface area contributed by atoms with Crippen LogP contribution in [-0.2, 0) is 0 Å². The van der Waals surface area contributed by atoms with Crippen molar-refractivity contribution in [2.75, 3.05) is 20.1 Å². The van der Waals surface area contributed by atoms with E-state index in [2.05, 4.69) is 36.2 Å². The molecule has 0 spiro atoms. The van der Waals surface area contributed by atoms with Gasteiger partial charge < -0.3 is 15.3 Å². The van der Waals surface area contributed by atoms with Crippen molar-refractivity contribution in [3.8, 4) is 0 Å². The summed E-state index contributed by atoms with van der Waals surface area (Å²) in [6.07, 6.45) is 8.39. The van der Waals surface area contributed by atoms with E-state index >= 15 is 0 Å². The smallest absolute Gasteiger partial charge is 0.269 e. The molecule has 1 aliphatic heterocycles. The van der Waals surface area contributed by atoms with Gasteiger partial charge in [-0.05, 0) is 48.6 Å². The molecule has 1 amide bonds. The van der Waals surface area contributed by atoms with Crippen LogP contribution in [-0.4, -0.2) is 56.9 Å². The molecule has 8 nitrogen and oxygen atoms in total. The van der Waals surface area contributed by atoms with Gasteiger partial charge in [0, 0.05) is 37.9 Å². The van der Waals surface area contributed by atoms with Crippen LogP contribution in [0.1, 0.15) is 41.1 Å². The quantitative estimate of drug-likeness (QED) is 0.547. The molecule has 0 fully saturated rings. The number of amides is 1. The molecule has 0 saturated carbocycles. The molecule has 1 atom stereocenters. The van der Waals surface area contributed by atoms with Gasteiger partial charge in [-0.1, -0.05) is 12.2 Å². The maximum absolute atomic E-state index is 14.5. The Bertz CT molecular complexity index is 1320. The molecule has 1 aliphatic carbocycles. The van der Waals surface area contributed by atoms with Crippen molar-refractivity contribution in [2.45, 2.75) is 25.3 Å². The number of nitrogens with one attached hydrogen (secondary N) is 3. The van der Waals surface area contributed by atoms with E-state index in [1.165, 1.54) is 7.05 Å². The molecule has 0 radical (unpaired) electrons. The highest BCUT2D eigenvalue weighted by atomic mass is 19.1. The average Bonchev–Trinajstić information content (AvgIpc) is 3.49. The van der Waals surface area contributed by atoms with Gasteiger partial charge in [0.25, 0.3) is 11.5 Å². The summed E-state index contributed by atoms with van der Waals surface area (Å²) in [5.74, 6) is -0.414. The van der Waals surface area contributed by atoms with Crippen LogP contribution in [0.3, 0.4) is 0 Å². The zero-order chi connectivity index (χ0) is 22.2. The molecule has 1 unspecified atom stereocenters. The van der Waals surface area contributed by atoms with Crippen LogP contribution < -0.4 is 10.9 Å². The number of nitrogens with zero attached hydrogens (tertiary/aromatic N) is 3. The third-order valence-electron chi connectivity index (χ3n) is 6.20. The third-order valence-corrected chi connectivity index (χ3v) is 6.20. The van der Waals surface area contributed by atoms with E-state index in [0.717, 1.165) is 30.5 Å². The van der Waals surface area contributed by atoms with Gasteiger partial charge in [0.2, 0.25) is 5.95 Å². The number of hydrogen-bond donors (Lipinski definition) is 3. The lowest BCUT2D eigenvalue weighted by molar-refractivity contribution is 0.0957. The zero-order valence-electron chi connectivity index (χ0n) is 17.6. The minimum Gasteiger partial charge on any atom is -0.354 e. The Morgan fingerprint density at radius 3 is 2.84 bits per heavy atom. The molecular formula is C23H23FN6O2. The molecule has 3 aromatic heterocycles. The highest BCUT2D eigenvalue weighted by Gasteiger charge is 2.26. The van der Waals surface area contributed by atoms with Gasteiger partial charge in [-0.15, -0.1) is 0 Å². The monoisotopic (exact) mass is 434 g/mol. The van der Waals surface area contributed by atoms with Crippen molar-refractivity contribution in [3.05, 3.63) is 69.9 Å². The number of hydrogen-bond acceptors (Lipinski definition) is 5. The van der Waals surface area contributed by atoms with E-state index in [-0.39, 0.29) is 17.3 Å². The summed E-state index contributed by atoms with van der Waals surface area (Å²) in [7, 11) is 1.49. The van der Waals surface area contributed by atoms with Gasteiger partial charge in [-0.3, -0.25) is 14.5 Å². The van der Waals surface area contributed by atoms with Gasteiger partial charge in [-0.2, -0.15) is 4.39 Å². The molecule has 9 heteroatoms. The van der Waals surface area contributed by atoms with Gasteiger partial charge in [0.1, 0.15) is 17.2 Å². The van der Waals surface area contributed by atoms with Crippen LogP contribution in [0.15, 0.2) is 41.3 Å². The molecule has 3 aromatic rings. The molecular weight excluding hydrogens is 411 g/mol. The normalized spacial score (nSPS) is 19.1. The number of aromatic nitrogens is 4. The maximum atomic E-state index is 14.5. The number of allylic oxidation sites excluding steroid dienone is 1. The van der Waals surface area contributed by atoms with Crippen molar-refractivity contribution < 1.29 is 9.18 Å². The molecule has 0 bridgehead atoms.